The SMILES string of the molecule is COc1nc(OC)nc(N(C)c2ccc(C(=N)N)cc2)n1. The minimum Gasteiger partial charge on any atom is -0.467 e. The number of amidine groups is 1. The number of nitrogens with one attached hydrogen (secondary N) is 1. The predicted molar refractivity (Wildman–Crippen MR) is 78.5 cm³/mol. The number of aromatic nitrogens is 3. The van der Waals surface area contributed by atoms with Gasteiger partial charge < -0.3 is 20.1 Å². The van der Waals surface area contributed by atoms with E-state index in [1.807, 2.05) is 12.1 Å². The van der Waals surface area contributed by atoms with Gasteiger partial charge in [0, 0.05) is 18.3 Å². The van der Waals surface area contributed by atoms with Crippen molar-refractivity contribution in [2.24, 2.45) is 5.73 Å². The van der Waals surface area contributed by atoms with Crippen molar-refractivity contribution in [1.82, 2.24) is 15.0 Å². The molecule has 1 aromatic heterocycles. The van der Waals surface area contributed by atoms with E-state index in [0.29, 0.717) is 11.5 Å². The lowest BCUT2D eigenvalue weighted by molar-refractivity contribution is 0.340. The first kappa shape index (κ1) is 14.5. The van der Waals surface area contributed by atoms with Gasteiger partial charge in [-0.15, -0.1) is 4.98 Å². The second-order valence-corrected chi connectivity index (χ2v) is 4.13. The number of ether oxygens (including phenoxy) is 2. The molecule has 0 radical (unpaired) electrons. The lowest BCUT2D eigenvalue weighted by Gasteiger charge is -2.18. The lowest BCUT2D eigenvalue weighted by atomic mass is 10.2. The van der Waals surface area contributed by atoms with Gasteiger partial charge in [0.25, 0.3) is 0 Å². The van der Waals surface area contributed by atoms with E-state index >= 15 is 0 Å². The average molecular weight is 288 g/mol. The molecule has 0 bridgehead atoms. The van der Waals surface area contributed by atoms with Crippen LogP contribution in [0.3, 0.4) is 0 Å². The molecule has 110 valence electrons. The molecule has 0 aliphatic heterocycles. The highest BCUT2D eigenvalue weighted by Gasteiger charge is 2.12. The molecule has 21 heavy (non-hydrogen) atoms. The van der Waals surface area contributed by atoms with Gasteiger partial charge in [-0.25, -0.2) is 0 Å². The fourth-order valence-electron chi connectivity index (χ4n) is 1.64. The maximum atomic E-state index is 7.38. The standard InChI is InChI=1S/C13H16N6O2/c1-19(9-6-4-8(5-7-9)10(14)15)11-16-12(20-2)18-13(17-11)21-3/h4-7H,1-3H3,(H3,14,15). The molecule has 8 heteroatoms. The summed E-state index contributed by atoms with van der Waals surface area (Å²) in [5.41, 5.74) is 6.91. The van der Waals surface area contributed by atoms with Gasteiger partial charge in [0.15, 0.2) is 0 Å². The summed E-state index contributed by atoms with van der Waals surface area (Å²) in [7, 11) is 4.75. The monoisotopic (exact) mass is 288 g/mol. The number of nitrogen functional groups attached to an aromatic ring is 1. The van der Waals surface area contributed by atoms with Crippen LogP contribution in [0.1, 0.15) is 5.56 Å². The largest absolute Gasteiger partial charge is 0.467 e. The number of nitrogens with zero attached hydrogens (tertiary/aromatic N) is 4. The first-order valence-corrected chi connectivity index (χ1v) is 6.07. The van der Waals surface area contributed by atoms with Crippen LogP contribution in [-0.2, 0) is 0 Å². The zero-order valence-corrected chi connectivity index (χ0v) is 12.0. The normalized spacial score (nSPS) is 10.0. The van der Waals surface area contributed by atoms with Gasteiger partial charge in [0.2, 0.25) is 5.95 Å². The summed E-state index contributed by atoms with van der Waals surface area (Å²) in [6.07, 6.45) is 0. The first-order valence-electron chi connectivity index (χ1n) is 6.07. The summed E-state index contributed by atoms with van der Waals surface area (Å²) >= 11 is 0. The third kappa shape index (κ3) is 3.16. The highest BCUT2D eigenvalue weighted by molar-refractivity contribution is 5.95. The second-order valence-electron chi connectivity index (χ2n) is 4.13. The smallest absolute Gasteiger partial charge is 0.324 e. The highest BCUT2D eigenvalue weighted by atomic mass is 16.5. The number of anilines is 2. The molecule has 0 aliphatic rings. The van der Waals surface area contributed by atoms with Crippen molar-refractivity contribution in [3.8, 4) is 12.0 Å². The summed E-state index contributed by atoms with van der Waals surface area (Å²) in [5, 5.41) is 7.38. The van der Waals surface area contributed by atoms with E-state index in [4.69, 9.17) is 20.6 Å². The van der Waals surface area contributed by atoms with Crippen LogP contribution in [0, 0.1) is 5.41 Å². The Hall–Kier alpha value is -2.90. The van der Waals surface area contributed by atoms with Crippen molar-refractivity contribution in [3.05, 3.63) is 29.8 Å². The van der Waals surface area contributed by atoms with E-state index in [2.05, 4.69) is 15.0 Å². The topological polar surface area (TPSA) is 110 Å². The van der Waals surface area contributed by atoms with Crippen LogP contribution in [0.2, 0.25) is 0 Å². The van der Waals surface area contributed by atoms with E-state index in [0.717, 1.165) is 5.69 Å². The lowest BCUT2D eigenvalue weighted by Crippen LogP contribution is -2.15. The molecule has 0 saturated carbocycles. The zero-order valence-electron chi connectivity index (χ0n) is 12.0. The van der Waals surface area contributed by atoms with Crippen molar-refractivity contribution < 1.29 is 9.47 Å². The Morgan fingerprint density at radius 3 is 2.00 bits per heavy atom. The summed E-state index contributed by atoms with van der Waals surface area (Å²) in [5.74, 6) is 0.405. The number of nitrogens with two attached hydrogens (primary N) is 1. The Labute approximate surface area is 122 Å². The minimum atomic E-state index is 0.0210. The second kappa shape index (κ2) is 6.04. The van der Waals surface area contributed by atoms with E-state index in [-0.39, 0.29) is 17.9 Å². The van der Waals surface area contributed by atoms with Crippen LogP contribution < -0.4 is 20.1 Å². The van der Waals surface area contributed by atoms with E-state index in [9.17, 15) is 0 Å². The minimum absolute atomic E-state index is 0.0210. The van der Waals surface area contributed by atoms with Crippen molar-refractivity contribution in [2.75, 3.05) is 26.2 Å². The van der Waals surface area contributed by atoms with Gasteiger partial charge in [0.1, 0.15) is 5.84 Å². The average Bonchev–Trinajstić information content (AvgIpc) is 2.53. The maximum Gasteiger partial charge on any atom is 0.324 e. The van der Waals surface area contributed by atoms with Gasteiger partial charge >= 0.3 is 12.0 Å². The van der Waals surface area contributed by atoms with Crippen LogP contribution in [0.25, 0.3) is 0 Å². The Morgan fingerprint density at radius 2 is 1.57 bits per heavy atom. The number of methoxy groups -OCH3 is 2. The molecular weight excluding hydrogens is 272 g/mol. The third-order valence-corrected chi connectivity index (χ3v) is 2.81. The van der Waals surface area contributed by atoms with Crippen LogP contribution in [0.4, 0.5) is 11.6 Å². The van der Waals surface area contributed by atoms with Crippen molar-refractivity contribution >= 4 is 17.5 Å². The Bertz CT molecular complexity index is 621. The van der Waals surface area contributed by atoms with E-state index in [1.165, 1.54) is 14.2 Å². The molecule has 0 saturated heterocycles. The number of benzene rings is 1. The van der Waals surface area contributed by atoms with Gasteiger partial charge in [-0.2, -0.15) is 9.97 Å². The molecule has 0 fully saturated rings. The molecule has 0 aliphatic carbocycles. The van der Waals surface area contributed by atoms with Crippen LogP contribution >= 0.6 is 0 Å². The Kier molecular flexibility index (Phi) is 4.17. The number of hydrogen-bond acceptors (Lipinski definition) is 7. The Balaban J connectivity index is 2.34. The van der Waals surface area contributed by atoms with Crippen molar-refractivity contribution in [1.29, 1.82) is 5.41 Å². The molecular formula is C13H16N6O2. The molecule has 3 N–H and O–H groups in total. The summed E-state index contributed by atoms with van der Waals surface area (Å²) < 4.78 is 10.0. The molecule has 1 heterocycles. The van der Waals surface area contributed by atoms with Crippen LogP contribution in [0.15, 0.2) is 24.3 Å². The molecule has 0 unspecified atom stereocenters. The van der Waals surface area contributed by atoms with Gasteiger partial charge in [-0.05, 0) is 24.3 Å². The molecule has 1 aromatic carbocycles. The van der Waals surface area contributed by atoms with E-state index < -0.39 is 0 Å². The molecule has 0 amide bonds. The first-order chi connectivity index (χ1) is 10.0. The van der Waals surface area contributed by atoms with Crippen molar-refractivity contribution in [2.45, 2.75) is 0 Å². The predicted octanol–water partition coefficient (Wildman–Crippen LogP) is 0.941. The molecule has 2 aromatic rings. The van der Waals surface area contributed by atoms with Gasteiger partial charge in [-0.3, -0.25) is 5.41 Å². The quantitative estimate of drug-likeness (QED) is 0.622. The maximum absolute atomic E-state index is 7.38. The molecule has 2 rings (SSSR count). The Morgan fingerprint density at radius 1 is 1.05 bits per heavy atom. The fourth-order valence-corrected chi connectivity index (χ4v) is 1.64. The van der Waals surface area contributed by atoms with Crippen LogP contribution in [-0.4, -0.2) is 42.1 Å². The summed E-state index contributed by atoms with van der Waals surface area (Å²) in [6.45, 7) is 0. The van der Waals surface area contributed by atoms with Crippen molar-refractivity contribution in [3.63, 3.8) is 0 Å². The number of rotatable bonds is 5. The van der Waals surface area contributed by atoms with Gasteiger partial charge in [0.05, 0.1) is 14.2 Å². The highest BCUT2D eigenvalue weighted by Crippen LogP contribution is 2.23. The third-order valence-electron chi connectivity index (χ3n) is 2.81. The van der Waals surface area contributed by atoms with Gasteiger partial charge in [-0.1, -0.05) is 0 Å². The number of hydrogen-bond donors (Lipinski definition) is 2. The van der Waals surface area contributed by atoms with E-state index in [1.54, 1.807) is 24.1 Å². The molecule has 0 spiro atoms. The summed E-state index contributed by atoms with van der Waals surface area (Å²) in [4.78, 5) is 14.0. The summed E-state index contributed by atoms with van der Waals surface area (Å²) in [6, 6.07) is 7.49. The fraction of sp³-hybridized carbons (Fsp3) is 0.231. The van der Waals surface area contributed by atoms with Crippen LogP contribution in [0.5, 0.6) is 12.0 Å². The molecule has 0 atom stereocenters. The zero-order chi connectivity index (χ0) is 15.4. The molecule has 8 nitrogen and oxygen atoms in total.